The number of aryl methyl sites for hydroxylation is 1. The van der Waals surface area contributed by atoms with Crippen LogP contribution in [0.25, 0.3) is 10.9 Å². The summed E-state index contributed by atoms with van der Waals surface area (Å²) >= 11 is 0. The molecule has 3 nitrogen and oxygen atoms in total. The summed E-state index contributed by atoms with van der Waals surface area (Å²) in [5, 5.41) is 7.83. The van der Waals surface area contributed by atoms with Crippen molar-refractivity contribution in [2.75, 3.05) is 0 Å². The molecule has 1 N–H and O–H groups in total. The van der Waals surface area contributed by atoms with Crippen LogP contribution in [0, 0.1) is 6.92 Å². The number of nitrogens with zero attached hydrogens (tertiary/aromatic N) is 2. The Kier molecular flexibility index (Phi) is 0.974. The van der Waals surface area contributed by atoms with Crippen molar-refractivity contribution in [1.29, 1.82) is 0 Å². The molecule has 2 heterocycles. The van der Waals surface area contributed by atoms with Crippen molar-refractivity contribution >= 4 is 10.9 Å². The smallest absolute Gasteiger partial charge is 0.0833 e. The average molecular weight is 135 g/mol. The molecule has 0 spiro atoms. The van der Waals surface area contributed by atoms with Crippen LogP contribution in [0.3, 0.4) is 0 Å². The lowest BCUT2D eigenvalue weighted by Crippen LogP contribution is -1.77. The van der Waals surface area contributed by atoms with Gasteiger partial charge in [0, 0.05) is 12.5 Å². The fraction of sp³-hybridized carbons (Fsp3) is 0.143. The Morgan fingerprint density at radius 1 is 1.50 bits per heavy atom. The van der Waals surface area contributed by atoms with Crippen molar-refractivity contribution in [3.8, 4) is 0 Å². The second kappa shape index (κ2) is 1.80. The van der Waals surface area contributed by atoms with Crippen molar-refractivity contribution in [2.45, 2.75) is 6.92 Å². The number of pyridine rings is 1. The molecule has 0 aliphatic rings. The fourth-order valence-electron chi connectivity index (χ4n) is 0.953. The molecule has 0 radical (unpaired) electrons. The second-order valence-electron chi connectivity index (χ2n) is 2.28. The summed E-state index contributed by atoms with van der Waals surface area (Å²) in [4.78, 5) is 4.11. The summed E-state index contributed by atoms with van der Waals surface area (Å²) < 4.78 is 0. The van der Waals surface area contributed by atoms with E-state index in [1.807, 2.05) is 13.0 Å². The van der Waals surface area contributed by atoms with Crippen LogP contribution in [-0.4, -0.2) is 15.2 Å². The van der Waals surface area contributed by atoms with Gasteiger partial charge in [-0.05, 0) is 13.0 Å². The molecule has 0 amide bonds. The van der Waals surface area contributed by atoms with Crippen molar-refractivity contribution in [1.82, 2.24) is 15.2 Å². The Morgan fingerprint density at radius 2 is 2.40 bits per heavy atom. The van der Waals surface area contributed by atoms with Gasteiger partial charge in [-0.15, -0.1) is 0 Å². The quantitative estimate of drug-likeness (QED) is 0.595. The maximum Gasteiger partial charge on any atom is 0.0833 e. The van der Waals surface area contributed by atoms with E-state index in [4.69, 9.17) is 0 Å². The van der Waals surface area contributed by atoms with Gasteiger partial charge in [0.05, 0.1) is 17.9 Å². The summed E-state index contributed by atoms with van der Waals surface area (Å²) in [6.45, 7) is 1.96. The van der Waals surface area contributed by atoms with Gasteiger partial charge in [-0.2, -0.15) is 5.10 Å². The van der Waals surface area contributed by atoms with E-state index in [0.29, 0.717) is 0 Å². The monoisotopic (exact) mass is 135 g/mol. The van der Waals surface area contributed by atoms with E-state index in [9.17, 15) is 0 Å². The average Bonchev–Trinajstić information content (AvgIpc) is 2.33. The van der Waals surface area contributed by atoms with E-state index in [-0.39, 0.29) is 1.43 Å². The molecule has 0 saturated carbocycles. The Labute approximate surface area is 59.6 Å². The number of H-pyrrole nitrogens is 1. The molecule has 0 atom stereocenters. The number of hydrogen-bond acceptors (Lipinski definition) is 2. The minimum atomic E-state index is 0. The predicted octanol–water partition coefficient (Wildman–Crippen LogP) is 1.51. The van der Waals surface area contributed by atoms with E-state index >= 15 is 0 Å². The fourth-order valence-corrected chi connectivity index (χ4v) is 0.953. The third kappa shape index (κ3) is 0.673. The first-order valence-corrected chi connectivity index (χ1v) is 3.12. The predicted molar refractivity (Wildman–Crippen MR) is 40.7 cm³/mol. The molecule has 0 aliphatic heterocycles. The van der Waals surface area contributed by atoms with Gasteiger partial charge in [0.15, 0.2) is 0 Å². The highest BCUT2D eigenvalue weighted by Crippen LogP contribution is 2.08. The van der Waals surface area contributed by atoms with Crippen molar-refractivity contribution in [3.05, 3.63) is 24.2 Å². The lowest BCUT2D eigenvalue weighted by Gasteiger charge is -1.88. The standard InChI is InChI=1S/C7H7N3.H2/c1-5-2-6-3-9-10-7(6)4-8-5;/h2-4H,1H3,(H,9,10);1H. The molecule has 3 heteroatoms. The van der Waals surface area contributed by atoms with Crippen LogP contribution < -0.4 is 0 Å². The van der Waals surface area contributed by atoms with Crippen LogP contribution >= 0.6 is 0 Å². The highest BCUT2D eigenvalue weighted by molar-refractivity contribution is 5.76. The first-order valence-electron chi connectivity index (χ1n) is 3.12. The van der Waals surface area contributed by atoms with Gasteiger partial charge in [-0.25, -0.2) is 0 Å². The molecular weight excluding hydrogens is 126 g/mol. The number of rotatable bonds is 0. The van der Waals surface area contributed by atoms with Crippen LogP contribution in [0.4, 0.5) is 0 Å². The molecule has 0 saturated heterocycles. The van der Waals surface area contributed by atoms with E-state index < -0.39 is 0 Å². The summed E-state index contributed by atoms with van der Waals surface area (Å²) in [6, 6.07) is 2.00. The minimum absolute atomic E-state index is 0. The van der Waals surface area contributed by atoms with Crippen LogP contribution in [-0.2, 0) is 0 Å². The Balaban J connectivity index is 0.000000605. The molecular formula is C7H9N3. The Morgan fingerprint density at radius 3 is 3.30 bits per heavy atom. The molecule has 2 aromatic rings. The third-order valence-corrected chi connectivity index (χ3v) is 1.46. The first-order chi connectivity index (χ1) is 4.86. The van der Waals surface area contributed by atoms with Gasteiger partial charge in [-0.1, -0.05) is 0 Å². The van der Waals surface area contributed by atoms with E-state index in [0.717, 1.165) is 16.6 Å². The molecule has 0 bridgehead atoms. The first kappa shape index (κ1) is 5.41. The van der Waals surface area contributed by atoms with Crippen molar-refractivity contribution in [3.63, 3.8) is 0 Å². The highest BCUT2D eigenvalue weighted by atomic mass is 15.1. The van der Waals surface area contributed by atoms with Gasteiger partial charge in [-0.3, -0.25) is 10.1 Å². The zero-order valence-electron chi connectivity index (χ0n) is 5.63. The summed E-state index contributed by atoms with van der Waals surface area (Å²) in [5.74, 6) is 0. The summed E-state index contributed by atoms with van der Waals surface area (Å²) in [5.41, 5.74) is 2.01. The van der Waals surface area contributed by atoms with Crippen molar-refractivity contribution in [2.24, 2.45) is 0 Å². The van der Waals surface area contributed by atoms with Gasteiger partial charge in [0.25, 0.3) is 0 Å². The molecule has 0 unspecified atom stereocenters. The van der Waals surface area contributed by atoms with Crippen LogP contribution in [0.2, 0.25) is 0 Å². The lowest BCUT2D eigenvalue weighted by atomic mass is 10.3. The minimum Gasteiger partial charge on any atom is -0.276 e. The third-order valence-electron chi connectivity index (χ3n) is 1.46. The topological polar surface area (TPSA) is 41.6 Å². The summed E-state index contributed by atoms with van der Waals surface area (Å²) in [6.07, 6.45) is 3.58. The Bertz CT molecular complexity index is 355. The Hall–Kier alpha value is -1.38. The lowest BCUT2D eigenvalue weighted by molar-refractivity contribution is 1.11. The number of hydrogen-bond donors (Lipinski definition) is 1. The van der Waals surface area contributed by atoms with Crippen molar-refractivity contribution < 1.29 is 1.43 Å². The second-order valence-corrected chi connectivity index (χ2v) is 2.28. The molecule has 10 heavy (non-hydrogen) atoms. The van der Waals surface area contributed by atoms with Gasteiger partial charge in [0.1, 0.15) is 0 Å². The van der Waals surface area contributed by atoms with Crippen LogP contribution in [0.1, 0.15) is 7.12 Å². The number of aromatic nitrogens is 3. The van der Waals surface area contributed by atoms with Gasteiger partial charge in [0.2, 0.25) is 0 Å². The maximum atomic E-state index is 4.11. The molecule has 0 fully saturated rings. The highest BCUT2D eigenvalue weighted by Gasteiger charge is 1.93. The van der Waals surface area contributed by atoms with Crippen LogP contribution in [0.5, 0.6) is 0 Å². The SMILES string of the molecule is Cc1cc2cn[nH]c2cn1.[HH]. The number of nitrogens with one attached hydrogen (secondary N) is 1. The largest absolute Gasteiger partial charge is 0.276 e. The molecule has 52 valence electrons. The van der Waals surface area contributed by atoms with E-state index in [1.54, 1.807) is 12.4 Å². The maximum absolute atomic E-state index is 4.11. The molecule has 2 aromatic heterocycles. The van der Waals surface area contributed by atoms with Gasteiger partial charge < -0.3 is 0 Å². The molecule has 2 rings (SSSR count). The zero-order valence-corrected chi connectivity index (χ0v) is 5.63. The number of fused-ring (bicyclic) bond motifs is 1. The summed E-state index contributed by atoms with van der Waals surface area (Å²) in [7, 11) is 0. The van der Waals surface area contributed by atoms with Gasteiger partial charge >= 0.3 is 0 Å². The normalized spacial score (nSPS) is 10.5. The van der Waals surface area contributed by atoms with E-state index in [1.165, 1.54) is 0 Å². The van der Waals surface area contributed by atoms with Crippen LogP contribution in [0.15, 0.2) is 18.5 Å². The zero-order chi connectivity index (χ0) is 6.97. The number of aromatic amines is 1. The molecule has 0 aromatic carbocycles. The molecule has 0 aliphatic carbocycles. The van der Waals surface area contributed by atoms with E-state index in [2.05, 4.69) is 15.2 Å².